The first kappa shape index (κ1) is 15.7. The maximum Gasteiger partial charge on any atom is 0.254 e. The number of aromatic amines is 1. The highest BCUT2D eigenvalue weighted by Gasteiger charge is 2.27. The van der Waals surface area contributed by atoms with Crippen LogP contribution in [-0.4, -0.2) is 33.6 Å². The molecule has 2 heterocycles. The lowest BCUT2D eigenvalue weighted by molar-refractivity contribution is 0.0613. The summed E-state index contributed by atoms with van der Waals surface area (Å²) >= 11 is 0. The Kier molecular flexibility index (Phi) is 4.14. The zero-order valence-electron chi connectivity index (χ0n) is 14.1. The number of amides is 1. The molecule has 5 heteroatoms. The number of benzene rings is 2. The van der Waals surface area contributed by atoms with Gasteiger partial charge in [0.25, 0.3) is 5.91 Å². The van der Waals surface area contributed by atoms with Crippen molar-refractivity contribution < 1.29 is 4.79 Å². The highest BCUT2D eigenvalue weighted by atomic mass is 16.2. The molecule has 1 amide bonds. The third-order valence-corrected chi connectivity index (χ3v) is 5.04. The number of carbonyl (C=O) groups is 1. The maximum absolute atomic E-state index is 13.1. The molecular formula is C20H22N4O. The first-order chi connectivity index (χ1) is 12.2. The molecule has 5 nitrogen and oxygen atoms in total. The second kappa shape index (κ2) is 6.59. The smallest absolute Gasteiger partial charge is 0.254 e. The number of piperidine rings is 1. The predicted octanol–water partition coefficient (Wildman–Crippen LogP) is 3.38. The third kappa shape index (κ3) is 3.09. The molecule has 4 rings (SSSR count). The predicted molar refractivity (Wildman–Crippen MR) is 99.3 cm³/mol. The number of anilines is 1. The Labute approximate surface area is 146 Å². The van der Waals surface area contributed by atoms with Crippen LogP contribution in [0.15, 0.2) is 48.5 Å². The van der Waals surface area contributed by atoms with Gasteiger partial charge in [-0.1, -0.05) is 30.3 Å². The van der Waals surface area contributed by atoms with Crippen LogP contribution in [0, 0.1) is 0 Å². The summed E-state index contributed by atoms with van der Waals surface area (Å²) in [6.07, 6.45) is 4.20. The van der Waals surface area contributed by atoms with E-state index in [2.05, 4.69) is 34.5 Å². The summed E-state index contributed by atoms with van der Waals surface area (Å²) in [4.78, 5) is 15.2. The number of nitrogens with zero attached hydrogens (tertiary/aromatic N) is 2. The summed E-state index contributed by atoms with van der Waals surface area (Å²) in [6, 6.07) is 16.2. The Balaban J connectivity index is 1.60. The topological polar surface area (TPSA) is 75.0 Å². The van der Waals surface area contributed by atoms with Gasteiger partial charge in [-0.3, -0.25) is 9.89 Å². The molecule has 0 spiro atoms. The second-order valence-electron chi connectivity index (χ2n) is 6.71. The second-order valence-corrected chi connectivity index (χ2v) is 6.71. The molecule has 0 saturated carbocycles. The molecule has 1 fully saturated rings. The monoisotopic (exact) mass is 334 g/mol. The minimum atomic E-state index is 0.0862. The van der Waals surface area contributed by atoms with Crippen molar-refractivity contribution in [2.75, 3.05) is 12.3 Å². The molecule has 0 aliphatic carbocycles. The van der Waals surface area contributed by atoms with E-state index in [1.54, 1.807) is 0 Å². The van der Waals surface area contributed by atoms with E-state index in [1.807, 2.05) is 29.2 Å². The lowest BCUT2D eigenvalue weighted by Crippen LogP contribution is -2.44. The number of hydrogen-bond acceptors (Lipinski definition) is 3. The molecule has 0 bridgehead atoms. The molecule has 25 heavy (non-hydrogen) atoms. The normalized spacial score (nSPS) is 17.8. The zero-order chi connectivity index (χ0) is 17.2. The number of nitrogens with one attached hydrogen (secondary N) is 1. The van der Waals surface area contributed by atoms with Crippen LogP contribution in [0.25, 0.3) is 10.9 Å². The molecule has 2 aromatic carbocycles. The Morgan fingerprint density at radius 2 is 2.04 bits per heavy atom. The van der Waals surface area contributed by atoms with Crippen LogP contribution in [0.3, 0.4) is 0 Å². The van der Waals surface area contributed by atoms with Gasteiger partial charge >= 0.3 is 0 Å². The van der Waals surface area contributed by atoms with Crippen LogP contribution in [0.2, 0.25) is 0 Å². The summed E-state index contributed by atoms with van der Waals surface area (Å²) in [5.41, 5.74) is 8.70. The number of aromatic nitrogens is 2. The lowest BCUT2D eigenvalue weighted by atomic mass is 9.94. The Bertz CT molecular complexity index is 887. The van der Waals surface area contributed by atoms with Crippen LogP contribution in [0.5, 0.6) is 0 Å². The van der Waals surface area contributed by atoms with Crippen molar-refractivity contribution >= 4 is 22.6 Å². The number of H-pyrrole nitrogens is 1. The number of likely N-dealkylation sites (tertiary alicyclic amines) is 1. The van der Waals surface area contributed by atoms with Gasteiger partial charge in [-0.2, -0.15) is 5.10 Å². The number of carbonyl (C=O) groups excluding carboxylic acids is 1. The van der Waals surface area contributed by atoms with Crippen molar-refractivity contribution in [1.29, 1.82) is 0 Å². The summed E-state index contributed by atoms with van der Waals surface area (Å²) in [6.45, 7) is 0.815. The molecule has 0 radical (unpaired) electrons. The van der Waals surface area contributed by atoms with Crippen molar-refractivity contribution in [3.05, 3.63) is 59.7 Å². The van der Waals surface area contributed by atoms with Crippen LogP contribution in [0.4, 0.5) is 5.82 Å². The number of nitrogen functional groups attached to an aromatic ring is 1. The number of fused-ring (bicyclic) bond motifs is 1. The van der Waals surface area contributed by atoms with Gasteiger partial charge in [0.2, 0.25) is 0 Å². The molecular weight excluding hydrogens is 312 g/mol. The van der Waals surface area contributed by atoms with Crippen LogP contribution in [-0.2, 0) is 6.42 Å². The number of nitrogens with two attached hydrogens (primary N) is 1. The largest absolute Gasteiger partial charge is 0.382 e. The van der Waals surface area contributed by atoms with Gasteiger partial charge < -0.3 is 10.6 Å². The first-order valence-corrected chi connectivity index (χ1v) is 8.81. The fraction of sp³-hybridized carbons (Fsp3) is 0.300. The van der Waals surface area contributed by atoms with E-state index < -0.39 is 0 Å². The van der Waals surface area contributed by atoms with Gasteiger partial charge in [-0.05, 0) is 49.4 Å². The van der Waals surface area contributed by atoms with Gasteiger partial charge in [0.1, 0.15) is 0 Å². The Morgan fingerprint density at radius 1 is 1.20 bits per heavy atom. The SMILES string of the molecule is Nc1n[nH]c2ccc(C(=O)N3CCCC[C@@H]3Cc3ccccc3)cc12. The van der Waals surface area contributed by atoms with E-state index in [9.17, 15) is 4.79 Å². The molecule has 1 aliphatic heterocycles. The maximum atomic E-state index is 13.1. The highest BCUT2D eigenvalue weighted by Crippen LogP contribution is 2.25. The van der Waals surface area contributed by atoms with Gasteiger partial charge in [0.05, 0.1) is 5.52 Å². The van der Waals surface area contributed by atoms with Gasteiger partial charge in [0, 0.05) is 23.5 Å². The lowest BCUT2D eigenvalue weighted by Gasteiger charge is -2.36. The standard InChI is InChI=1S/C20H22N4O/c21-19-17-13-15(9-10-18(17)22-23-19)20(25)24-11-5-4-8-16(24)12-14-6-2-1-3-7-14/h1-3,6-7,9-10,13,16H,4-5,8,11-12H2,(H3,21,22,23)/t16-/m1/s1. The minimum Gasteiger partial charge on any atom is -0.382 e. The quantitative estimate of drug-likeness (QED) is 0.771. The van der Waals surface area contributed by atoms with Crippen LogP contribution >= 0.6 is 0 Å². The Morgan fingerprint density at radius 3 is 2.88 bits per heavy atom. The van der Waals surface area contributed by atoms with E-state index >= 15 is 0 Å². The van der Waals surface area contributed by atoms with Crippen molar-refractivity contribution in [2.45, 2.75) is 31.7 Å². The van der Waals surface area contributed by atoms with Gasteiger partial charge in [-0.25, -0.2) is 0 Å². The van der Waals surface area contributed by atoms with Crippen molar-refractivity contribution in [2.24, 2.45) is 0 Å². The van der Waals surface area contributed by atoms with E-state index in [0.717, 1.165) is 36.7 Å². The first-order valence-electron chi connectivity index (χ1n) is 8.81. The van der Waals surface area contributed by atoms with E-state index in [0.29, 0.717) is 11.4 Å². The van der Waals surface area contributed by atoms with E-state index in [4.69, 9.17) is 5.73 Å². The van der Waals surface area contributed by atoms with E-state index in [-0.39, 0.29) is 11.9 Å². The Hall–Kier alpha value is -2.82. The number of hydrogen-bond donors (Lipinski definition) is 2. The molecule has 0 unspecified atom stereocenters. The average Bonchev–Trinajstić information content (AvgIpc) is 3.03. The molecule has 128 valence electrons. The molecule has 3 aromatic rings. The average molecular weight is 334 g/mol. The summed E-state index contributed by atoms with van der Waals surface area (Å²) in [7, 11) is 0. The fourth-order valence-corrected chi connectivity index (χ4v) is 3.70. The van der Waals surface area contributed by atoms with Gasteiger partial charge in [-0.15, -0.1) is 0 Å². The van der Waals surface area contributed by atoms with Crippen LogP contribution < -0.4 is 5.73 Å². The molecule has 3 N–H and O–H groups in total. The fourth-order valence-electron chi connectivity index (χ4n) is 3.70. The van der Waals surface area contributed by atoms with Crippen molar-refractivity contribution in [1.82, 2.24) is 15.1 Å². The van der Waals surface area contributed by atoms with E-state index in [1.165, 1.54) is 12.0 Å². The summed E-state index contributed by atoms with van der Waals surface area (Å²) < 4.78 is 0. The van der Waals surface area contributed by atoms with Crippen molar-refractivity contribution in [3.63, 3.8) is 0 Å². The summed E-state index contributed by atoms with van der Waals surface area (Å²) in [5, 5.41) is 7.69. The molecule has 1 aliphatic rings. The third-order valence-electron chi connectivity index (χ3n) is 5.04. The summed E-state index contributed by atoms with van der Waals surface area (Å²) in [5.74, 6) is 0.521. The molecule has 1 atom stereocenters. The van der Waals surface area contributed by atoms with Crippen LogP contribution in [0.1, 0.15) is 35.2 Å². The zero-order valence-corrected chi connectivity index (χ0v) is 14.1. The number of rotatable bonds is 3. The van der Waals surface area contributed by atoms with Crippen molar-refractivity contribution in [3.8, 4) is 0 Å². The van der Waals surface area contributed by atoms with Gasteiger partial charge in [0.15, 0.2) is 5.82 Å². The molecule has 1 aromatic heterocycles. The minimum absolute atomic E-state index is 0.0862. The highest BCUT2D eigenvalue weighted by molar-refractivity contribution is 6.00. The molecule has 1 saturated heterocycles.